The Labute approximate surface area is 256 Å². The van der Waals surface area contributed by atoms with E-state index in [2.05, 4.69) is 16.0 Å². The minimum absolute atomic E-state index is 0.00914. The molecule has 9 nitrogen and oxygen atoms in total. The van der Waals surface area contributed by atoms with Crippen molar-refractivity contribution in [1.82, 2.24) is 15.2 Å². The maximum absolute atomic E-state index is 14.1. The van der Waals surface area contributed by atoms with Crippen molar-refractivity contribution in [3.63, 3.8) is 0 Å². The van der Waals surface area contributed by atoms with Crippen LogP contribution in [-0.4, -0.2) is 41.4 Å². The summed E-state index contributed by atoms with van der Waals surface area (Å²) in [6, 6.07) is 10.3. The Hall–Kier alpha value is -4.68. The fourth-order valence-corrected chi connectivity index (χ4v) is 5.31. The third-order valence-corrected chi connectivity index (χ3v) is 8.01. The Bertz CT molecular complexity index is 1600. The molecule has 3 aromatic rings. The molecule has 0 spiro atoms. The Morgan fingerprint density at radius 2 is 1.67 bits per heavy atom. The minimum atomic E-state index is -1.82. The topological polar surface area (TPSA) is 119 Å². The standard InChI is InChI=1S/C32H32F4N4O5/c33-21-15-22(34)28(36)29(27(21)35)45-17-26(41)24(14-20-10-11-37-30(20)42)39-31(43)25(13-18-8-9-18)40-12-4-7-23(32(40)44)38-16-19-5-2-1-3-6-19/h1-7,12,15,18,20,24-25,38H,8-11,13-14,16-17H2,(H,37,42)(H,39,43). The first-order chi connectivity index (χ1) is 21.6. The van der Waals surface area contributed by atoms with Crippen LogP contribution in [0.3, 0.4) is 0 Å². The van der Waals surface area contributed by atoms with Crippen molar-refractivity contribution < 1.29 is 36.7 Å². The van der Waals surface area contributed by atoms with Crippen molar-refractivity contribution >= 4 is 23.3 Å². The van der Waals surface area contributed by atoms with Gasteiger partial charge >= 0.3 is 0 Å². The number of anilines is 1. The zero-order valence-electron chi connectivity index (χ0n) is 24.2. The van der Waals surface area contributed by atoms with Gasteiger partial charge in [-0.25, -0.2) is 8.78 Å². The zero-order chi connectivity index (χ0) is 32.1. The van der Waals surface area contributed by atoms with Crippen LogP contribution in [0, 0.1) is 35.1 Å². The molecule has 45 heavy (non-hydrogen) atoms. The molecule has 2 amide bonds. The van der Waals surface area contributed by atoms with Crippen LogP contribution in [0.4, 0.5) is 23.2 Å². The van der Waals surface area contributed by atoms with Gasteiger partial charge in [0, 0.05) is 31.3 Å². The van der Waals surface area contributed by atoms with Gasteiger partial charge in [-0.15, -0.1) is 0 Å². The number of hydrogen-bond acceptors (Lipinski definition) is 6. The quantitative estimate of drug-likeness (QED) is 0.184. The van der Waals surface area contributed by atoms with Gasteiger partial charge in [-0.1, -0.05) is 43.2 Å². The van der Waals surface area contributed by atoms with Gasteiger partial charge in [-0.05, 0) is 42.9 Å². The predicted molar refractivity (Wildman–Crippen MR) is 155 cm³/mol. The number of ketones is 1. The number of pyridine rings is 1. The highest BCUT2D eigenvalue weighted by atomic mass is 19.2. The van der Waals surface area contributed by atoms with E-state index in [4.69, 9.17) is 4.74 Å². The maximum Gasteiger partial charge on any atom is 0.274 e. The summed E-state index contributed by atoms with van der Waals surface area (Å²) < 4.78 is 61.8. The number of ether oxygens (including phenoxy) is 1. The van der Waals surface area contributed by atoms with E-state index < -0.39 is 70.9 Å². The first kappa shape index (κ1) is 31.7. The largest absolute Gasteiger partial charge is 0.479 e. The number of halogens is 4. The summed E-state index contributed by atoms with van der Waals surface area (Å²) in [5.41, 5.74) is 0.763. The zero-order valence-corrected chi connectivity index (χ0v) is 24.2. The smallest absolute Gasteiger partial charge is 0.274 e. The monoisotopic (exact) mass is 628 g/mol. The lowest BCUT2D eigenvalue weighted by Crippen LogP contribution is -2.48. The van der Waals surface area contributed by atoms with Gasteiger partial charge < -0.3 is 25.3 Å². The van der Waals surface area contributed by atoms with Crippen LogP contribution in [0.25, 0.3) is 0 Å². The number of carbonyl (C=O) groups is 3. The Morgan fingerprint density at radius 3 is 2.31 bits per heavy atom. The molecule has 1 aliphatic carbocycles. The normalized spacial score (nSPS) is 17.3. The highest BCUT2D eigenvalue weighted by Crippen LogP contribution is 2.37. The van der Waals surface area contributed by atoms with Crippen molar-refractivity contribution in [2.75, 3.05) is 18.5 Å². The first-order valence-electron chi connectivity index (χ1n) is 14.7. The number of rotatable bonds is 14. The van der Waals surface area contributed by atoms with Gasteiger partial charge in [-0.2, -0.15) is 8.78 Å². The SMILES string of the molecule is O=C1NCCC1CC(NC(=O)C(CC1CC1)n1cccc(NCc2ccccc2)c1=O)C(=O)COc1c(F)c(F)cc(F)c1F. The van der Waals surface area contributed by atoms with Crippen LogP contribution in [0.15, 0.2) is 59.5 Å². The van der Waals surface area contributed by atoms with Crippen LogP contribution >= 0.6 is 0 Å². The fraction of sp³-hybridized carbons (Fsp3) is 0.375. The summed E-state index contributed by atoms with van der Waals surface area (Å²) in [6.45, 7) is -0.325. The highest BCUT2D eigenvalue weighted by molar-refractivity contribution is 5.92. The molecule has 2 aromatic carbocycles. The van der Waals surface area contributed by atoms with Crippen molar-refractivity contribution in [3.05, 3.63) is 93.9 Å². The second-order valence-corrected chi connectivity index (χ2v) is 11.3. The number of Topliss-reactive ketones (excluding diaryl/α,β-unsaturated/α-hetero) is 1. The van der Waals surface area contributed by atoms with Crippen molar-refractivity contribution in [1.29, 1.82) is 0 Å². The molecule has 13 heteroatoms. The molecule has 5 rings (SSSR count). The van der Waals surface area contributed by atoms with E-state index in [-0.39, 0.29) is 30.0 Å². The number of hydrogen-bond donors (Lipinski definition) is 3. The molecule has 0 radical (unpaired) electrons. The Kier molecular flexibility index (Phi) is 9.84. The van der Waals surface area contributed by atoms with Crippen LogP contribution in [0.5, 0.6) is 5.75 Å². The van der Waals surface area contributed by atoms with Gasteiger partial charge in [0.2, 0.25) is 23.4 Å². The average Bonchev–Trinajstić information content (AvgIpc) is 3.77. The summed E-state index contributed by atoms with van der Waals surface area (Å²) in [5.74, 6) is -10.8. The number of benzene rings is 2. The molecule has 2 aliphatic rings. The van der Waals surface area contributed by atoms with Crippen LogP contribution in [-0.2, 0) is 20.9 Å². The molecule has 1 saturated heterocycles. The van der Waals surface area contributed by atoms with Gasteiger partial charge in [0.1, 0.15) is 18.3 Å². The predicted octanol–water partition coefficient (Wildman–Crippen LogP) is 4.02. The van der Waals surface area contributed by atoms with Crippen molar-refractivity contribution in [2.24, 2.45) is 11.8 Å². The third kappa shape index (κ3) is 7.70. The van der Waals surface area contributed by atoms with Gasteiger partial charge in [0.15, 0.2) is 23.2 Å². The number of amides is 2. The summed E-state index contributed by atoms with van der Waals surface area (Å²) in [4.78, 5) is 52.9. The van der Waals surface area contributed by atoms with E-state index >= 15 is 0 Å². The van der Waals surface area contributed by atoms with E-state index in [9.17, 15) is 36.7 Å². The van der Waals surface area contributed by atoms with E-state index in [0.29, 0.717) is 25.9 Å². The van der Waals surface area contributed by atoms with Crippen LogP contribution in [0.2, 0.25) is 0 Å². The summed E-state index contributed by atoms with van der Waals surface area (Å²) >= 11 is 0. The molecule has 238 valence electrons. The summed E-state index contributed by atoms with van der Waals surface area (Å²) in [5, 5.41) is 8.37. The molecule has 2 heterocycles. The fourth-order valence-electron chi connectivity index (χ4n) is 5.31. The summed E-state index contributed by atoms with van der Waals surface area (Å²) in [7, 11) is 0. The number of carbonyl (C=O) groups excluding carboxylic acids is 3. The van der Waals surface area contributed by atoms with Crippen LogP contribution in [0.1, 0.15) is 43.7 Å². The first-order valence-corrected chi connectivity index (χ1v) is 14.7. The van der Waals surface area contributed by atoms with Gasteiger partial charge in [-0.3, -0.25) is 19.2 Å². The van der Waals surface area contributed by atoms with E-state index in [0.717, 1.165) is 18.4 Å². The average molecular weight is 629 g/mol. The molecule has 2 fully saturated rings. The molecule has 1 aromatic heterocycles. The molecule has 3 N–H and O–H groups in total. The van der Waals surface area contributed by atoms with Crippen molar-refractivity contribution in [3.8, 4) is 5.75 Å². The highest BCUT2D eigenvalue weighted by Gasteiger charge is 2.36. The lowest BCUT2D eigenvalue weighted by molar-refractivity contribution is -0.132. The van der Waals surface area contributed by atoms with E-state index in [1.807, 2.05) is 30.3 Å². The molecular formula is C32H32F4N4O5. The number of nitrogens with one attached hydrogen (secondary N) is 3. The summed E-state index contributed by atoms with van der Waals surface area (Å²) in [6.07, 6.45) is 3.74. The second-order valence-electron chi connectivity index (χ2n) is 11.3. The minimum Gasteiger partial charge on any atom is -0.479 e. The molecule has 0 bridgehead atoms. The van der Waals surface area contributed by atoms with Gasteiger partial charge in [0.25, 0.3) is 5.56 Å². The van der Waals surface area contributed by atoms with Crippen molar-refractivity contribution in [2.45, 2.75) is 50.7 Å². The Morgan fingerprint density at radius 1 is 0.956 bits per heavy atom. The second kappa shape index (κ2) is 14.0. The van der Waals surface area contributed by atoms with E-state index in [1.165, 1.54) is 10.8 Å². The molecular weight excluding hydrogens is 596 g/mol. The molecule has 1 saturated carbocycles. The lowest BCUT2D eigenvalue weighted by atomic mass is 9.95. The van der Waals surface area contributed by atoms with E-state index in [1.54, 1.807) is 12.1 Å². The molecule has 3 unspecified atom stereocenters. The molecule has 1 aliphatic heterocycles. The van der Waals surface area contributed by atoms with Crippen LogP contribution < -0.4 is 26.2 Å². The lowest BCUT2D eigenvalue weighted by Gasteiger charge is -2.25. The molecule has 3 atom stereocenters. The van der Waals surface area contributed by atoms with Gasteiger partial charge in [0.05, 0.1) is 6.04 Å². The third-order valence-electron chi connectivity index (χ3n) is 8.01. The maximum atomic E-state index is 14.1. The number of aromatic nitrogens is 1. The number of nitrogens with zero attached hydrogens (tertiary/aromatic N) is 1. The Balaban J connectivity index is 1.36.